The molecule has 136 valence electrons. The van der Waals surface area contributed by atoms with Crippen LogP contribution in [0.4, 0.5) is 5.69 Å². The second kappa shape index (κ2) is 6.71. The Morgan fingerprint density at radius 1 is 1.23 bits per heavy atom. The number of cyclic esters (lactones) is 2. The molecule has 1 saturated heterocycles. The lowest BCUT2D eigenvalue weighted by Crippen LogP contribution is -2.41. The summed E-state index contributed by atoms with van der Waals surface area (Å²) in [6.07, 6.45) is 6.92. The summed E-state index contributed by atoms with van der Waals surface area (Å²) in [7, 11) is 0. The molecule has 2 heterocycles. The molecule has 0 saturated carbocycles. The maximum absolute atomic E-state index is 11.8. The van der Waals surface area contributed by atoms with E-state index in [2.05, 4.69) is 30.0 Å². The first-order chi connectivity index (χ1) is 12.2. The summed E-state index contributed by atoms with van der Waals surface area (Å²) in [5, 5.41) is 9.97. The van der Waals surface area contributed by atoms with Gasteiger partial charge in [-0.25, -0.2) is 9.59 Å². The van der Waals surface area contributed by atoms with Crippen molar-refractivity contribution in [2.24, 2.45) is 0 Å². The van der Waals surface area contributed by atoms with Crippen LogP contribution >= 0.6 is 0 Å². The predicted octanol–water partition coefficient (Wildman–Crippen LogP) is 3.08. The summed E-state index contributed by atoms with van der Waals surface area (Å²) in [6, 6.07) is 6.30. The van der Waals surface area contributed by atoms with E-state index < -0.39 is 17.7 Å². The van der Waals surface area contributed by atoms with Crippen LogP contribution in [0.1, 0.15) is 25.0 Å². The standard InChI is InChI=1S/C20H21NO5/c1-13-6-7-17-14(11-13)8-10-21(17)9-4-5-15(22)12-16-18(23)25-20(2,3)26-19(16)24/h4-7,9,11-12,22H,8,10H2,1-3H3/b9-4+,15-5-. The van der Waals surface area contributed by atoms with Crippen molar-refractivity contribution in [1.82, 2.24) is 0 Å². The zero-order chi connectivity index (χ0) is 18.9. The molecule has 1 N–H and O–H groups in total. The van der Waals surface area contributed by atoms with Gasteiger partial charge in [-0.3, -0.25) is 0 Å². The number of benzene rings is 1. The zero-order valence-corrected chi connectivity index (χ0v) is 15.0. The Kier molecular flexibility index (Phi) is 4.59. The molecule has 0 unspecified atom stereocenters. The van der Waals surface area contributed by atoms with Gasteiger partial charge in [-0.1, -0.05) is 17.7 Å². The Hall–Kier alpha value is -3.02. The minimum absolute atomic E-state index is 0.242. The van der Waals surface area contributed by atoms with Crippen molar-refractivity contribution in [3.8, 4) is 0 Å². The Balaban J connectivity index is 1.71. The van der Waals surface area contributed by atoms with Gasteiger partial charge in [0.05, 0.1) is 0 Å². The van der Waals surface area contributed by atoms with Crippen LogP contribution in [0.5, 0.6) is 0 Å². The fourth-order valence-electron chi connectivity index (χ4n) is 2.93. The van der Waals surface area contributed by atoms with E-state index in [1.807, 2.05) is 6.20 Å². The molecule has 2 aliphatic rings. The lowest BCUT2D eigenvalue weighted by atomic mass is 10.1. The van der Waals surface area contributed by atoms with E-state index in [0.717, 1.165) is 24.7 Å². The van der Waals surface area contributed by atoms with Crippen molar-refractivity contribution >= 4 is 17.6 Å². The summed E-state index contributed by atoms with van der Waals surface area (Å²) >= 11 is 0. The largest absolute Gasteiger partial charge is 0.508 e. The number of aryl methyl sites for hydroxylation is 1. The quantitative estimate of drug-likeness (QED) is 0.295. The maximum Gasteiger partial charge on any atom is 0.348 e. The van der Waals surface area contributed by atoms with Gasteiger partial charge in [0, 0.05) is 38.4 Å². The zero-order valence-electron chi connectivity index (χ0n) is 15.0. The van der Waals surface area contributed by atoms with Gasteiger partial charge in [-0.05, 0) is 37.1 Å². The van der Waals surface area contributed by atoms with Gasteiger partial charge < -0.3 is 19.5 Å². The number of aliphatic hydroxyl groups excluding tert-OH is 1. The lowest BCUT2D eigenvalue weighted by molar-refractivity contribution is -0.222. The van der Waals surface area contributed by atoms with E-state index in [4.69, 9.17) is 9.47 Å². The van der Waals surface area contributed by atoms with Gasteiger partial charge in [0.25, 0.3) is 5.79 Å². The Labute approximate surface area is 152 Å². The molecule has 3 rings (SSSR count). The van der Waals surface area contributed by atoms with Crippen LogP contribution in [0, 0.1) is 6.92 Å². The average Bonchev–Trinajstić information content (AvgIpc) is 2.92. The molecule has 0 aliphatic carbocycles. The topological polar surface area (TPSA) is 76.1 Å². The number of hydrogen-bond donors (Lipinski definition) is 1. The minimum atomic E-state index is -1.30. The maximum atomic E-state index is 11.8. The normalized spacial score (nSPS) is 19.4. The van der Waals surface area contributed by atoms with Gasteiger partial charge >= 0.3 is 11.9 Å². The van der Waals surface area contributed by atoms with Crippen molar-refractivity contribution in [3.63, 3.8) is 0 Å². The molecule has 6 heteroatoms. The first-order valence-electron chi connectivity index (χ1n) is 8.37. The van der Waals surface area contributed by atoms with Crippen LogP contribution in [0.3, 0.4) is 0 Å². The third-order valence-electron chi connectivity index (χ3n) is 4.11. The lowest BCUT2D eigenvalue weighted by Gasteiger charge is -2.29. The first-order valence-corrected chi connectivity index (χ1v) is 8.37. The van der Waals surface area contributed by atoms with E-state index >= 15 is 0 Å². The van der Waals surface area contributed by atoms with E-state index in [9.17, 15) is 14.7 Å². The number of aliphatic hydroxyl groups is 1. The fourth-order valence-corrected chi connectivity index (χ4v) is 2.93. The highest BCUT2D eigenvalue weighted by atomic mass is 16.7. The van der Waals surface area contributed by atoms with Gasteiger partial charge in [-0.2, -0.15) is 0 Å². The van der Waals surface area contributed by atoms with Gasteiger partial charge in [-0.15, -0.1) is 0 Å². The second-order valence-corrected chi connectivity index (χ2v) is 6.75. The summed E-state index contributed by atoms with van der Waals surface area (Å²) in [5.74, 6) is -3.18. The Morgan fingerprint density at radius 3 is 2.62 bits per heavy atom. The molecule has 6 nitrogen and oxygen atoms in total. The third-order valence-corrected chi connectivity index (χ3v) is 4.11. The number of rotatable bonds is 3. The molecule has 0 amide bonds. The molecule has 0 radical (unpaired) electrons. The number of hydrogen-bond acceptors (Lipinski definition) is 6. The van der Waals surface area contributed by atoms with Crippen LogP contribution in [0.2, 0.25) is 0 Å². The van der Waals surface area contributed by atoms with Crippen LogP contribution in [0.15, 0.2) is 54.0 Å². The molecule has 26 heavy (non-hydrogen) atoms. The van der Waals surface area contributed by atoms with Crippen LogP contribution in [-0.4, -0.2) is 29.4 Å². The molecular weight excluding hydrogens is 334 g/mol. The number of carbonyl (C=O) groups is 2. The van der Waals surface area contributed by atoms with Gasteiger partial charge in [0.1, 0.15) is 11.3 Å². The van der Waals surface area contributed by atoms with Crippen molar-refractivity contribution in [1.29, 1.82) is 0 Å². The number of fused-ring (bicyclic) bond motifs is 1. The van der Waals surface area contributed by atoms with E-state index in [-0.39, 0.29) is 11.3 Å². The molecule has 1 fully saturated rings. The number of ether oxygens (including phenoxy) is 2. The Bertz CT molecular complexity index is 826. The smallest absolute Gasteiger partial charge is 0.348 e. The van der Waals surface area contributed by atoms with E-state index in [1.54, 1.807) is 6.08 Å². The molecule has 0 aromatic heterocycles. The third kappa shape index (κ3) is 3.79. The SMILES string of the molecule is Cc1ccc2c(c1)CCN2/C=C/C=C(\O)C=C1C(=O)OC(C)(C)OC1=O. The van der Waals surface area contributed by atoms with Gasteiger partial charge in [0.15, 0.2) is 0 Å². The second-order valence-electron chi connectivity index (χ2n) is 6.75. The summed E-state index contributed by atoms with van der Waals surface area (Å²) in [4.78, 5) is 25.8. The number of nitrogens with zero attached hydrogens (tertiary/aromatic N) is 1. The number of esters is 2. The highest BCUT2D eigenvalue weighted by molar-refractivity contribution is 6.15. The molecule has 0 bridgehead atoms. The van der Waals surface area contributed by atoms with E-state index in [1.165, 1.54) is 31.1 Å². The van der Waals surface area contributed by atoms with Crippen molar-refractivity contribution in [3.05, 3.63) is 65.1 Å². The summed E-state index contributed by atoms with van der Waals surface area (Å²) in [5.41, 5.74) is 3.32. The molecule has 2 aliphatic heterocycles. The summed E-state index contributed by atoms with van der Waals surface area (Å²) in [6.45, 7) is 5.86. The first kappa shape index (κ1) is 17.8. The average molecular weight is 355 g/mol. The number of allylic oxidation sites excluding steroid dienone is 3. The summed E-state index contributed by atoms with van der Waals surface area (Å²) < 4.78 is 9.95. The highest BCUT2D eigenvalue weighted by Gasteiger charge is 2.38. The molecular formula is C20H21NO5. The van der Waals surface area contributed by atoms with Crippen molar-refractivity contribution in [2.45, 2.75) is 33.0 Å². The Morgan fingerprint density at radius 2 is 1.92 bits per heavy atom. The van der Waals surface area contributed by atoms with Crippen molar-refractivity contribution < 1.29 is 24.2 Å². The number of carbonyl (C=O) groups excluding carboxylic acids is 2. The van der Waals surface area contributed by atoms with Crippen LogP contribution < -0.4 is 4.90 Å². The van der Waals surface area contributed by atoms with Gasteiger partial charge in [0.2, 0.25) is 0 Å². The minimum Gasteiger partial charge on any atom is -0.508 e. The predicted molar refractivity (Wildman–Crippen MR) is 96.4 cm³/mol. The van der Waals surface area contributed by atoms with Crippen LogP contribution in [0.25, 0.3) is 0 Å². The van der Waals surface area contributed by atoms with E-state index in [0.29, 0.717) is 0 Å². The highest BCUT2D eigenvalue weighted by Crippen LogP contribution is 2.29. The number of anilines is 1. The van der Waals surface area contributed by atoms with Crippen molar-refractivity contribution in [2.75, 3.05) is 11.4 Å². The monoisotopic (exact) mass is 355 g/mol. The fraction of sp³-hybridized carbons (Fsp3) is 0.300. The molecule has 1 aromatic rings. The molecule has 0 spiro atoms. The molecule has 1 aromatic carbocycles. The molecule has 0 atom stereocenters. The van der Waals surface area contributed by atoms with Crippen LogP contribution in [-0.2, 0) is 25.5 Å².